The summed E-state index contributed by atoms with van der Waals surface area (Å²) in [5, 5.41) is 2.94. The molecule has 1 amide bonds. The number of hydrogen-bond donors (Lipinski definition) is 2. The first-order chi connectivity index (χ1) is 11.0. The van der Waals surface area contributed by atoms with Gasteiger partial charge >= 0.3 is 0 Å². The van der Waals surface area contributed by atoms with Crippen molar-refractivity contribution in [3.05, 3.63) is 30.4 Å². The average Bonchev–Trinajstić information content (AvgIpc) is 2.96. The number of amides is 1. The van der Waals surface area contributed by atoms with Gasteiger partial charge in [-0.05, 0) is 19.0 Å². The van der Waals surface area contributed by atoms with Crippen LogP contribution in [0.2, 0.25) is 0 Å². The lowest BCUT2D eigenvalue weighted by molar-refractivity contribution is 0.0676. The van der Waals surface area contributed by atoms with Gasteiger partial charge in [-0.25, -0.2) is 14.4 Å². The maximum Gasteiger partial charge on any atom is 0.254 e. The number of pyridine rings is 1. The molecule has 0 aliphatic carbocycles. The molecule has 0 aromatic carbocycles. The van der Waals surface area contributed by atoms with E-state index in [1.165, 1.54) is 0 Å². The molecule has 0 spiro atoms. The minimum absolute atomic E-state index is 0.0618. The monoisotopic (exact) mass is 319 g/mol. The Morgan fingerprint density at radius 3 is 3.00 bits per heavy atom. The first-order valence-corrected chi connectivity index (χ1v) is 7.34. The van der Waals surface area contributed by atoms with Crippen LogP contribution in [-0.2, 0) is 7.05 Å². The predicted octanol–water partition coefficient (Wildman–Crippen LogP) is 0.660. The van der Waals surface area contributed by atoms with Crippen molar-refractivity contribution in [2.45, 2.75) is 18.7 Å². The number of nitrogens with zero attached hydrogens (tertiary/aromatic N) is 3. The Hall–Kier alpha value is -2.48. The van der Waals surface area contributed by atoms with E-state index >= 15 is 0 Å². The Balaban J connectivity index is 1.89. The van der Waals surface area contributed by atoms with Crippen molar-refractivity contribution in [1.29, 1.82) is 0 Å². The molecule has 3 rings (SSSR count). The number of alkyl halides is 1. The van der Waals surface area contributed by atoms with Gasteiger partial charge < -0.3 is 20.4 Å². The van der Waals surface area contributed by atoms with Crippen molar-refractivity contribution in [2.75, 3.05) is 13.1 Å². The SMILES string of the molecule is Cn1cnc(-c2cnc(O[C@@H]3CCNC[C@H]3F)c(C(N)=O)c2)c1. The van der Waals surface area contributed by atoms with E-state index in [4.69, 9.17) is 10.5 Å². The largest absolute Gasteiger partial charge is 0.471 e. The average molecular weight is 319 g/mol. The summed E-state index contributed by atoms with van der Waals surface area (Å²) in [6.07, 6.45) is 3.70. The fourth-order valence-electron chi connectivity index (χ4n) is 2.50. The van der Waals surface area contributed by atoms with Crippen molar-refractivity contribution < 1.29 is 13.9 Å². The number of aryl methyl sites for hydroxylation is 1. The van der Waals surface area contributed by atoms with Crippen LogP contribution < -0.4 is 15.8 Å². The van der Waals surface area contributed by atoms with Gasteiger partial charge in [-0.3, -0.25) is 4.79 Å². The van der Waals surface area contributed by atoms with E-state index in [2.05, 4.69) is 15.3 Å². The molecule has 3 N–H and O–H groups in total. The molecule has 0 radical (unpaired) electrons. The zero-order valence-corrected chi connectivity index (χ0v) is 12.7. The zero-order chi connectivity index (χ0) is 16.4. The van der Waals surface area contributed by atoms with Crippen LogP contribution in [0.1, 0.15) is 16.8 Å². The summed E-state index contributed by atoms with van der Waals surface area (Å²) in [5.41, 5.74) is 6.85. The molecule has 1 aliphatic rings. The summed E-state index contributed by atoms with van der Waals surface area (Å²) in [5.74, 6) is -0.610. The molecule has 1 saturated heterocycles. The number of nitrogens with two attached hydrogens (primary N) is 1. The highest BCUT2D eigenvalue weighted by Crippen LogP contribution is 2.25. The van der Waals surface area contributed by atoms with E-state index in [0.29, 0.717) is 24.2 Å². The van der Waals surface area contributed by atoms with Crippen molar-refractivity contribution >= 4 is 5.91 Å². The Labute approximate surface area is 132 Å². The molecule has 23 heavy (non-hydrogen) atoms. The third-order valence-corrected chi connectivity index (χ3v) is 3.73. The van der Waals surface area contributed by atoms with E-state index in [0.717, 1.165) is 0 Å². The van der Waals surface area contributed by atoms with Gasteiger partial charge in [0.05, 0.1) is 12.0 Å². The van der Waals surface area contributed by atoms with Crippen LogP contribution >= 0.6 is 0 Å². The zero-order valence-electron chi connectivity index (χ0n) is 12.7. The van der Waals surface area contributed by atoms with Crippen LogP contribution in [0.15, 0.2) is 24.8 Å². The standard InChI is InChI=1S/C15H18FN5O2/c1-21-7-12(20-8-21)9-4-10(14(17)22)15(19-5-9)23-13-2-3-18-6-11(13)16/h4-5,7-8,11,13,18H,2-3,6H2,1H3,(H2,17,22)/t11-,13-/m1/s1. The van der Waals surface area contributed by atoms with Gasteiger partial charge in [0.25, 0.3) is 5.91 Å². The number of aromatic nitrogens is 3. The van der Waals surface area contributed by atoms with Gasteiger partial charge in [0.1, 0.15) is 17.8 Å². The quantitative estimate of drug-likeness (QED) is 0.863. The van der Waals surface area contributed by atoms with Gasteiger partial charge in [0.2, 0.25) is 5.88 Å². The van der Waals surface area contributed by atoms with Crippen LogP contribution in [0.4, 0.5) is 4.39 Å². The van der Waals surface area contributed by atoms with Crippen LogP contribution in [0.3, 0.4) is 0 Å². The number of carbonyl (C=O) groups is 1. The number of halogens is 1. The van der Waals surface area contributed by atoms with Crippen molar-refractivity contribution in [3.63, 3.8) is 0 Å². The van der Waals surface area contributed by atoms with E-state index < -0.39 is 18.2 Å². The fourth-order valence-corrected chi connectivity index (χ4v) is 2.50. The van der Waals surface area contributed by atoms with E-state index in [-0.39, 0.29) is 18.0 Å². The summed E-state index contributed by atoms with van der Waals surface area (Å²) in [6.45, 7) is 0.881. The van der Waals surface area contributed by atoms with Gasteiger partial charge in [-0.15, -0.1) is 0 Å². The number of hydrogen-bond acceptors (Lipinski definition) is 5. The summed E-state index contributed by atoms with van der Waals surface area (Å²) in [6, 6.07) is 1.57. The minimum Gasteiger partial charge on any atom is -0.471 e. The minimum atomic E-state index is -1.15. The number of piperidine rings is 1. The molecule has 7 nitrogen and oxygen atoms in total. The Morgan fingerprint density at radius 2 is 2.35 bits per heavy atom. The fraction of sp³-hybridized carbons (Fsp3) is 0.400. The molecule has 8 heteroatoms. The smallest absolute Gasteiger partial charge is 0.254 e. The number of nitrogens with one attached hydrogen (secondary N) is 1. The first kappa shape index (κ1) is 15.4. The van der Waals surface area contributed by atoms with Crippen molar-refractivity contribution in [3.8, 4) is 17.1 Å². The molecule has 1 fully saturated rings. The second-order valence-electron chi connectivity index (χ2n) is 5.53. The van der Waals surface area contributed by atoms with Crippen LogP contribution in [-0.4, -0.2) is 45.8 Å². The molecular weight excluding hydrogens is 301 g/mol. The molecule has 2 aromatic rings. The maximum atomic E-state index is 13.9. The van der Waals surface area contributed by atoms with Gasteiger partial charge in [0, 0.05) is 31.5 Å². The lowest BCUT2D eigenvalue weighted by Gasteiger charge is -2.27. The van der Waals surface area contributed by atoms with Gasteiger partial charge in [0.15, 0.2) is 0 Å². The van der Waals surface area contributed by atoms with Gasteiger partial charge in [-0.1, -0.05) is 0 Å². The predicted molar refractivity (Wildman–Crippen MR) is 81.8 cm³/mol. The normalized spacial score (nSPS) is 21.1. The molecule has 0 unspecified atom stereocenters. The second kappa shape index (κ2) is 6.33. The topological polar surface area (TPSA) is 95.1 Å². The molecular formula is C15H18FN5O2. The number of rotatable bonds is 4. The maximum absolute atomic E-state index is 13.9. The third kappa shape index (κ3) is 3.31. The van der Waals surface area contributed by atoms with Crippen LogP contribution in [0.5, 0.6) is 5.88 Å². The molecule has 3 heterocycles. The van der Waals surface area contributed by atoms with Crippen LogP contribution in [0.25, 0.3) is 11.3 Å². The molecule has 2 atom stereocenters. The van der Waals surface area contributed by atoms with E-state index in [1.54, 1.807) is 29.4 Å². The number of primary amides is 1. The first-order valence-electron chi connectivity index (χ1n) is 7.34. The van der Waals surface area contributed by atoms with E-state index in [1.807, 2.05) is 7.05 Å². The number of ether oxygens (including phenoxy) is 1. The Morgan fingerprint density at radius 1 is 1.52 bits per heavy atom. The number of imidazole rings is 1. The molecule has 0 bridgehead atoms. The molecule has 2 aromatic heterocycles. The van der Waals surface area contributed by atoms with Crippen LogP contribution in [0, 0.1) is 0 Å². The summed E-state index contributed by atoms with van der Waals surface area (Å²) < 4.78 is 21.3. The number of carbonyl (C=O) groups excluding carboxylic acids is 1. The lowest BCUT2D eigenvalue weighted by Crippen LogP contribution is -2.44. The van der Waals surface area contributed by atoms with Crippen molar-refractivity contribution in [1.82, 2.24) is 19.9 Å². The lowest BCUT2D eigenvalue weighted by atomic mass is 10.1. The molecule has 1 aliphatic heterocycles. The van der Waals surface area contributed by atoms with Gasteiger partial charge in [-0.2, -0.15) is 0 Å². The molecule has 0 saturated carbocycles. The van der Waals surface area contributed by atoms with Crippen molar-refractivity contribution in [2.24, 2.45) is 12.8 Å². The highest BCUT2D eigenvalue weighted by atomic mass is 19.1. The Kier molecular flexibility index (Phi) is 4.24. The highest BCUT2D eigenvalue weighted by molar-refractivity contribution is 5.96. The summed E-state index contributed by atoms with van der Waals surface area (Å²) in [7, 11) is 1.84. The van der Waals surface area contributed by atoms with E-state index in [9.17, 15) is 9.18 Å². The Bertz CT molecular complexity index is 718. The highest BCUT2D eigenvalue weighted by Gasteiger charge is 2.28. The summed E-state index contributed by atoms with van der Waals surface area (Å²) in [4.78, 5) is 20.1. The summed E-state index contributed by atoms with van der Waals surface area (Å²) >= 11 is 0. The molecule has 122 valence electrons. The second-order valence-corrected chi connectivity index (χ2v) is 5.53. The third-order valence-electron chi connectivity index (χ3n) is 3.73.